The Hall–Kier alpha value is -2.04. The molecule has 1 heterocycles. The summed E-state index contributed by atoms with van der Waals surface area (Å²) >= 11 is 6.42. The zero-order valence-corrected chi connectivity index (χ0v) is 16.1. The Bertz CT molecular complexity index is 768. The van der Waals surface area contributed by atoms with Gasteiger partial charge in [0.25, 0.3) is 0 Å². The third-order valence-corrected chi connectivity index (χ3v) is 5.62. The minimum Gasteiger partial charge on any atom is -0.398 e. The number of nitrogens with one attached hydrogen (secondary N) is 1. The highest BCUT2D eigenvalue weighted by molar-refractivity contribution is 6.31. The van der Waals surface area contributed by atoms with Gasteiger partial charge in [0.2, 0.25) is 5.91 Å². The lowest BCUT2D eigenvalue weighted by molar-refractivity contribution is -0.123. The summed E-state index contributed by atoms with van der Waals surface area (Å²) in [5.41, 5.74) is 9.71. The minimum atomic E-state index is -0.308. The largest absolute Gasteiger partial charge is 0.398 e. The molecule has 138 valence electrons. The van der Waals surface area contributed by atoms with Crippen molar-refractivity contribution in [3.05, 3.63) is 64.2 Å². The Labute approximate surface area is 160 Å². The van der Waals surface area contributed by atoms with Crippen LogP contribution in [0.4, 0.5) is 5.69 Å². The van der Waals surface area contributed by atoms with E-state index in [0.717, 1.165) is 42.7 Å². The molecule has 2 aromatic carbocycles. The molecule has 4 nitrogen and oxygen atoms in total. The van der Waals surface area contributed by atoms with E-state index in [9.17, 15) is 4.79 Å². The van der Waals surface area contributed by atoms with Crippen molar-refractivity contribution in [3.8, 4) is 0 Å². The predicted octanol–water partition coefficient (Wildman–Crippen LogP) is 3.96. The van der Waals surface area contributed by atoms with Crippen LogP contribution in [0.5, 0.6) is 0 Å². The Balaban J connectivity index is 1.97. The van der Waals surface area contributed by atoms with Crippen LogP contribution < -0.4 is 11.1 Å². The third kappa shape index (κ3) is 3.57. The summed E-state index contributed by atoms with van der Waals surface area (Å²) in [5.74, 6) is -0.105. The fourth-order valence-electron chi connectivity index (χ4n) is 3.78. The first-order valence-corrected chi connectivity index (χ1v) is 9.60. The molecule has 0 spiro atoms. The molecule has 5 heteroatoms. The average Bonchev–Trinajstić information content (AvgIpc) is 2.64. The van der Waals surface area contributed by atoms with E-state index in [1.54, 1.807) is 0 Å². The van der Waals surface area contributed by atoms with Gasteiger partial charge in [0.1, 0.15) is 0 Å². The molecule has 0 radical (unpaired) electrons. The molecule has 2 atom stereocenters. The fraction of sp³-hybridized carbons (Fsp3) is 0.381. The van der Waals surface area contributed by atoms with Crippen LogP contribution in [0, 0.1) is 0 Å². The van der Waals surface area contributed by atoms with Gasteiger partial charge in [0, 0.05) is 16.3 Å². The number of hydrogen-bond acceptors (Lipinski definition) is 3. The molecule has 0 fully saturated rings. The topological polar surface area (TPSA) is 58.4 Å². The van der Waals surface area contributed by atoms with E-state index in [1.807, 2.05) is 30.3 Å². The van der Waals surface area contributed by atoms with Crippen molar-refractivity contribution in [2.45, 2.75) is 32.2 Å². The Morgan fingerprint density at radius 3 is 2.42 bits per heavy atom. The highest BCUT2D eigenvalue weighted by Crippen LogP contribution is 2.40. The number of nitrogens with two attached hydrogens (primary N) is 1. The predicted molar refractivity (Wildman–Crippen MR) is 107 cm³/mol. The highest BCUT2D eigenvalue weighted by Gasteiger charge is 2.35. The lowest BCUT2D eigenvalue weighted by atomic mass is 9.81. The molecule has 2 aromatic rings. The first kappa shape index (κ1) is 18.7. The fourth-order valence-corrected chi connectivity index (χ4v) is 4.07. The molecule has 0 saturated heterocycles. The number of benzene rings is 2. The number of carbonyl (C=O) groups excluding carboxylic acids is 1. The summed E-state index contributed by atoms with van der Waals surface area (Å²) in [7, 11) is 0. The number of fused-ring (bicyclic) bond motifs is 1. The maximum Gasteiger partial charge on any atom is 0.228 e. The molecule has 26 heavy (non-hydrogen) atoms. The van der Waals surface area contributed by atoms with E-state index in [4.69, 9.17) is 17.3 Å². The van der Waals surface area contributed by atoms with Gasteiger partial charge in [-0.3, -0.25) is 4.79 Å². The first-order valence-electron chi connectivity index (χ1n) is 9.22. The highest BCUT2D eigenvalue weighted by atomic mass is 35.5. The molecule has 3 rings (SSSR count). The van der Waals surface area contributed by atoms with E-state index in [1.165, 1.54) is 0 Å². The van der Waals surface area contributed by atoms with Gasteiger partial charge in [0.05, 0.1) is 12.0 Å². The second kappa shape index (κ2) is 8.11. The smallest absolute Gasteiger partial charge is 0.228 e. The molecular formula is C21H26ClN3O. The minimum absolute atomic E-state index is 0.0418. The van der Waals surface area contributed by atoms with Gasteiger partial charge in [-0.2, -0.15) is 0 Å². The zero-order valence-electron chi connectivity index (χ0n) is 15.3. The molecular weight excluding hydrogens is 346 g/mol. The zero-order chi connectivity index (χ0) is 18.7. The molecule has 0 bridgehead atoms. The first-order chi connectivity index (χ1) is 12.6. The molecule has 0 saturated carbocycles. The summed E-state index contributed by atoms with van der Waals surface area (Å²) in [6.07, 6.45) is 0.801. The van der Waals surface area contributed by atoms with Crippen molar-refractivity contribution in [2.24, 2.45) is 0 Å². The number of amides is 1. The maximum absolute atomic E-state index is 12.9. The van der Waals surface area contributed by atoms with Gasteiger partial charge in [0.15, 0.2) is 0 Å². The van der Waals surface area contributed by atoms with Crippen LogP contribution in [0.15, 0.2) is 42.5 Å². The summed E-state index contributed by atoms with van der Waals surface area (Å²) in [4.78, 5) is 15.3. The standard InChI is InChI=1S/C21H26ClN3O/c1-3-25(4-2)13-12-16-14-8-5-6-9-15(14)20(24-21(16)26)19-17(22)10-7-11-18(19)23/h5-11,16,20H,3-4,12-13,23H2,1-2H3,(H,24,26). The van der Waals surface area contributed by atoms with E-state index in [-0.39, 0.29) is 17.9 Å². The summed E-state index contributed by atoms with van der Waals surface area (Å²) < 4.78 is 0. The Morgan fingerprint density at radius 1 is 1.08 bits per heavy atom. The summed E-state index contributed by atoms with van der Waals surface area (Å²) in [5, 5.41) is 3.73. The third-order valence-electron chi connectivity index (χ3n) is 5.29. The molecule has 0 aromatic heterocycles. The number of nitrogens with zero attached hydrogens (tertiary/aromatic N) is 1. The van der Waals surface area contributed by atoms with Gasteiger partial charge < -0.3 is 16.0 Å². The van der Waals surface area contributed by atoms with Crippen LogP contribution in [-0.4, -0.2) is 30.4 Å². The van der Waals surface area contributed by atoms with Gasteiger partial charge in [-0.1, -0.05) is 55.8 Å². The van der Waals surface area contributed by atoms with Crippen molar-refractivity contribution in [1.29, 1.82) is 0 Å². The average molecular weight is 372 g/mol. The van der Waals surface area contributed by atoms with Crippen LogP contribution >= 0.6 is 11.6 Å². The molecule has 1 aliphatic rings. The van der Waals surface area contributed by atoms with Crippen molar-refractivity contribution < 1.29 is 4.79 Å². The van der Waals surface area contributed by atoms with Crippen molar-refractivity contribution in [1.82, 2.24) is 10.2 Å². The lowest BCUT2D eigenvalue weighted by Crippen LogP contribution is -2.40. The van der Waals surface area contributed by atoms with E-state index >= 15 is 0 Å². The SMILES string of the molecule is CCN(CC)CCC1C(=O)NC(c2c(N)cccc2Cl)c2ccccc21. The van der Waals surface area contributed by atoms with E-state index in [2.05, 4.69) is 36.2 Å². The lowest BCUT2D eigenvalue weighted by Gasteiger charge is -2.34. The molecule has 2 unspecified atom stereocenters. The quantitative estimate of drug-likeness (QED) is 0.756. The van der Waals surface area contributed by atoms with Crippen LogP contribution in [0.25, 0.3) is 0 Å². The van der Waals surface area contributed by atoms with Crippen LogP contribution in [0.2, 0.25) is 5.02 Å². The van der Waals surface area contributed by atoms with Crippen LogP contribution in [0.1, 0.15) is 48.9 Å². The van der Waals surface area contributed by atoms with Gasteiger partial charge in [-0.25, -0.2) is 0 Å². The molecule has 3 N–H and O–H groups in total. The molecule has 1 amide bonds. The van der Waals surface area contributed by atoms with Crippen LogP contribution in [-0.2, 0) is 4.79 Å². The normalized spacial score (nSPS) is 19.3. The molecule has 1 aliphatic heterocycles. The van der Waals surface area contributed by atoms with Gasteiger partial charge >= 0.3 is 0 Å². The second-order valence-electron chi connectivity index (χ2n) is 6.68. The summed E-state index contributed by atoms with van der Waals surface area (Å²) in [6, 6.07) is 13.3. The van der Waals surface area contributed by atoms with E-state index < -0.39 is 0 Å². The number of rotatable bonds is 6. The van der Waals surface area contributed by atoms with Crippen molar-refractivity contribution in [2.75, 3.05) is 25.4 Å². The monoisotopic (exact) mass is 371 g/mol. The van der Waals surface area contributed by atoms with E-state index in [0.29, 0.717) is 10.7 Å². The number of halogens is 1. The number of nitrogen functional groups attached to an aromatic ring is 1. The van der Waals surface area contributed by atoms with Gasteiger partial charge in [-0.05, 0) is 49.3 Å². The van der Waals surface area contributed by atoms with Gasteiger partial charge in [-0.15, -0.1) is 0 Å². The Morgan fingerprint density at radius 2 is 1.77 bits per heavy atom. The molecule has 0 aliphatic carbocycles. The van der Waals surface area contributed by atoms with Crippen LogP contribution in [0.3, 0.4) is 0 Å². The maximum atomic E-state index is 12.9. The number of carbonyl (C=O) groups is 1. The number of hydrogen-bond donors (Lipinski definition) is 2. The van der Waals surface area contributed by atoms with Crippen molar-refractivity contribution >= 4 is 23.2 Å². The summed E-state index contributed by atoms with van der Waals surface area (Å²) in [6.45, 7) is 7.18. The number of anilines is 1. The Kier molecular flexibility index (Phi) is 5.84. The second-order valence-corrected chi connectivity index (χ2v) is 7.09. The van der Waals surface area contributed by atoms with Crippen molar-refractivity contribution in [3.63, 3.8) is 0 Å².